The summed E-state index contributed by atoms with van der Waals surface area (Å²) in [6.07, 6.45) is 7.72. The summed E-state index contributed by atoms with van der Waals surface area (Å²) in [7, 11) is 0. The van der Waals surface area contributed by atoms with Crippen LogP contribution in [0.4, 0.5) is 0 Å². The second-order valence-corrected chi connectivity index (χ2v) is 18.1. The molecule has 0 saturated carbocycles. The number of carbonyl (C=O) groups is 1. The van der Waals surface area contributed by atoms with Gasteiger partial charge in [0.05, 0.1) is 0 Å². The van der Waals surface area contributed by atoms with E-state index in [0.29, 0.717) is 5.92 Å². The van der Waals surface area contributed by atoms with E-state index in [2.05, 4.69) is 102 Å². The van der Waals surface area contributed by atoms with E-state index in [1.54, 1.807) is 0 Å². The van der Waals surface area contributed by atoms with Crippen molar-refractivity contribution in [1.29, 1.82) is 0 Å². The summed E-state index contributed by atoms with van der Waals surface area (Å²) in [6, 6.07) is 25.2. The third-order valence-electron chi connectivity index (χ3n) is 11.8. The summed E-state index contributed by atoms with van der Waals surface area (Å²) in [5.41, 5.74) is 5.96. The molecule has 1 N–H and O–H groups in total. The normalized spacial score (nSPS) is 12.6. The molecule has 3 aromatic carbocycles. The summed E-state index contributed by atoms with van der Waals surface area (Å²) in [4.78, 5) is 18.5. The molecule has 0 atom stereocenters. The number of fused-ring (bicyclic) bond motifs is 3. The SMILES string of the molecule is CCC(C)(CC)C(=O)/C=C(\O)C(C)(CC)CC.Cc1c(CC(C)C)sc2ccc(-c3cc4c(-c5[c-]c6ccccc6c(C(C)(C)C)c5)nccc4o3)cc12.[Ir]. The van der Waals surface area contributed by atoms with Crippen molar-refractivity contribution < 1.29 is 34.4 Å². The van der Waals surface area contributed by atoms with Crippen LogP contribution in [0.2, 0.25) is 0 Å². The number of aryl methyl sites for hydroxylation is 1. The number of pyridine rings is 1. The topological polar surface area (TPSA) is 63.3 Å². The Balaban J connectivity index is 0.000000320. The molecule has 295 valence electrons. The fraction of sp³-hybridized carbons (Fsp3) is 0.429. The van der Waals surface area contributed by atoms with Gasteiger partial charge in [0.2, 0.25) is 0 Å². The third kappa shape index (κ3) is 9.36. The molecule has 3 heterocycles. The first kappa shape index (κ1) is 44.1. The number of thiophene rings is 1. The molecule has 6 aromatic rings. The quantitative estimate of drug-likeness (QED) is 0.0799. The summed E-state index contributed by atoms with van der Waals surface area (Å²) >= 11 is 1.92. The van der Waals surface area contributed by atoms with Crippen LogP contribution in [0.25, 0.3) is 54.4 Å². The van der Waals surface area contributed by atoms with Crippen molar-refractivity contribution in [1.82, 2.24) is 4.98 Å². The van der Waals surface area contributed by atoms with Crippen molar-refractivity contribution in [3.05, 3.63) is 101 Å². The average Bonchev–Trinajstić information content (AvgIpc) is 3.73. The molecule has 3 aromatic heterocycles. The van der Waals surface area contributed by atoms with Gasteiger partial charge in [-0.1, -0.05) is 105 Å². The van der Waals surface area contributed by atoms with Gasteiger partial charge in [0.15, 0.2) is 5.78 Å². The molecular weight excluding hydrogens is 875 g/mol. The van der Waals surface area contributed by atoms with E-state index in [4.69, 9.17) is 9.40 Å². The summed E-state index contributed by atoms with van der Waals surface area (Å²) in [5, 5.41) is 14.8. The van der Waals surface area contributed by atoms with Gasteiger partial charge in [-0.15, -0.1) is 40.5 Å². The minimum atomic E-state index is -0.337. The minimum Gasteiger partial charge on any atom is -0.512 e. The molecule has 0 unspecified atom stereocenters. The van der Waals surface area contributed by atoms with Gasteiger partial charge in [0, 0.05) is 69.4 Å². The molecule has 0 aliphatic heterocycles. The largest absolute Gasteiger partial charge is 0.512 e. The van der Waals surface area contributed by atoms with Crippen LogP contribution in [0.3, 0.4) is 0 Å². The number of nitrogens with zero attached hydrogens (tertiary/aromatic N) is 1. The van der Waals surface area contributed by atoms with Crippen molar-refractivity contribution in [3.8, 4) is 22.6 Å². The number of aromatic nitrogens is 1. The molecule has 4 nitrogen and oxygen atoms in total. The van der Waals surface area contributed by atoms with Gasteiger partial charge in [-0.3, -0.25) is 9.78 Å². The Morgan fingerprint density at radius 3 is 2.15 bits per heavy atom. The van der Waals surface area contributed by atoms with Crippen LogP contribution in [-0.4, -0.2) is 15.9 Å². The van der Waals surface area contributed by atoms with E-state index in [9.17, 15) is 9.90 Å². The Morgan fingerprint density at radius 2 is 1.53 bits per heavy atom. The van der Waals surface area contributed by atoms with E-state index in [1.165, 1.54) is 37.6 Å². The second kappa shape index (κ2) is 17.7. The fourth-order valence-electron chi connectivity index (χ4n) is 6.97. The smallest absolute Gasteiger partial charge is 0.164 e. The zero-order chi connectivity index (χ0) is 39.6. The van der Waals surface area contributed by atoms with Gasteiger partial charge in [-0.05, 0) is 91.6 Å². The number of ketones is 1. The molecule has 0 aliphatic carbocycles. The van der Waals surface area contributed by atoms with Crippen LogP contribution in [0.15, 0.2) is 83.1 Å². The first-order valence-electron chi connectivity index (χ1n) is 19.8. The summed E-state index contributed by atoms with van der Waals surface area (Å²) in [5.74, 6) is 1.81. The first-order valence-corrected chi connectivity index (χ1v) is 20.6. The number of hydrogen-bond donors (Lipinski definition) is 1. The Kier molecular flexibility index (Phi) is 14.2. The zero-order valence-corrected chi connectivity index (χ0v) is 38.2. The number of aliphatic hydroxyl groups excluding tert-OH is 1. The van der Waals surface area contributed by atoms with Gasteiger partial charge < -0.3 is 9.52 Å². The maximum atomic E-state index is 12.2. The maximum absolute atomic E-state index is 12.2. The number of hydrogen-bond acceptors (Lipinski definition) is 5. The van der Waals surface area contributed by atoms with Gasteiger partial charge in [0.25, 0.3) is 0 Å². The Labute approximate surface area is 347 Å². The van der Waals surface area contributed by atoms with E-state index >= 15 is 0 Å². The molecule has 55 heavy (non-hydrogen) atoms. The van der Waals surface area contributed by atoms with Crippen LogP contribution in [0.1, 0.15) is 118 Å². The molecular formula is C49H60IrNO3S-. The van der Waals surface area contributed by atoms with Crippen molar-refractivity contribution >= 4 is 48.9 Å². The van der Waals surface area contributed by atoms with E-state index < -0.39 is 0 Å². The minimum absolute atomic E-state index is 0. The standard InChI is InChI=1S/C34H32NOS.C15H28O2.Ir/c1-20(2)15-32-21(3)26-17-23(11-12-31(26)37-32)30-19-27-29(36-30)13-14-35-33(27)24-16-22-9-7-8-10-25(22)28(18-24)34(4,5)6;1-7-14(5,8-2)12(16)11-13(17)15(6,9-3)10-4;/h7-14,17-20H,15H2,1-6H3;11,16H,7-10H2,1-6H3;/q-1;;/b;12-11-;. The molecule has 1 radical (unpaired) electrons. The van der Waals surface area contributed by atoms with Gasteiger partial charge in [-0.25, -0.2) is 0 Å². The molecule has 0 spiro atoms. The molecule has 0 aliphatic rings. The molecule has 0 bridgehead atoms. The summed E-state index contributed by atoms with van der Waals surface area (Å²) < 4.78 is 7.75. The molecule has 6 rings (SSSR count). The Bertz CT molecular complexity index is 2290. The number of furan rings is 1. The third-order valence-corrected chi connectivity index (χ3v) is 13.1. The van der Waals surface area contributed by atoms with Gasteiger partial charge in [0.1, 0.15) is 17.1 Å². The van der Waals surface area contributed by atoms with E-state index in [-0.39, 0.29) is 47.9 Å². The van der Waals surface area contributed by atoms with Crippen molar-refractivity contribution in [2.75, 3.05) is 0 Å². The van der Waals surface area contributed by atoms with E-state index in [1.807, 2.05) is 65.1 Å². The average molecular weight is 935 g/mol. The number of benzene rings is 3. The van der Waals surface area contributed by atoms with Gasteiger partial charge >= 0.3 is 0 Å². The van der Waals surface area contributed by atoms with Crippen molar-refractivity contribution in [2.24, 2.45) is 16.7 Å². The predicted octanol–water partition coefficient (Wildman–Crippen LogP) is 14.8. The zero-order valence-electron chi connectivity index (χ0n) is 35.0. The van der Waals surface area contributed by atoms with Gasteiger partial charge in [-0.2, -0.15) is 0 Å². The number of carbonyl (C=O) groups excluding carboxylic acids is 1. The van der Waals surface area contributed by atoms with Crippen LogP contribution in [0.5, 0.6) is 0 Å². The van der Waals surface area contributed by atoms with Crippen molar-refractivity contribution in [2.45, 2.75) is 121 Å². The Hall–Kier alpha value is -3.57. The molecule has 0 fully saturated rings. The van der Waals surface area contributed by atoms with E-state index in [0.717, 1.165) is 71.0 Å². The maximum Gasteiger partial charge on any atom is 0.164 e. The fourth-order valence-corrected chi connectivity index (χ4v) is 8.38. The first-order chi connectivity index (χ1) is 25.5. The predicted molar refractivity (Wildman–Crippen MR) is 232 cm³/mol. The molecule has 0 amide bonds. The van der Waals surface area contributed by atoms with Crippen molar-refractivity contribution in [3.63, 3.8) is 0 Å². The second-order valence-electron chi connectivity index (χ2n) is 17.0. The number of rotatable bonds is 11. The van der Waals surface area contributed by atoms with Crippen LogP contribution >= 0.6 is 11.3 Å². The van der Waals surface area contributed by atoms with Crippen LogP contribution < -0.4 is 0 Å². The summed E-state index contributed by atoms with van der Waals surface area (Å²) in [6.45, 7) is 25.7. The van der Waals surface area contributed by atoms with Crippen LogP contribution in [-0.2, 0) is 36.7 Å². The molecule has 0 saturated heterocycles. The monoisotopic (exact) mass is 935 g/mol. The van der Waals surface area contributed by atoms with Crippen LogP contribution in [0, 0.1) is 29.7 Å². The Morgan fingerprint density at radius 1 is 0.873 bits per heavy atom. The molecule has 6 heteroatoms. The number of aliphatic hydroxyl groups is 1. The number of allylic oxidation sites excluding steroid dienone is 2.